The second-order valence-corrected chi connectivity index (χ2v) is 5.48. The van der Waals surface area contributed by atoms with Gasteiger partial charge in [0.25, 0.3) is 0 Å². The number of fused-ring (bicyclic) bond motifs is 1. The van der Waals surface area contributed by atoms with Crippen LogP contribution in [-0.2, 0) is 0 Å². The molecule has 0 aromatic carbocycles. The van der Waals surface area contributed by atoms with Gasteiger partial charge in [-0.25, -0.2) is 15.0 Å². The van der Waals surface area contributed by atoms with Gasteiger partial charge in [-0.05, 0) is 36.4 Å². The van der Waals surface area contributed by atoms with E-state index in [2.05, 4.69) is 24.7 Å². The quantitative estimate of drug-likeness (QED) is 0.531. The maximum absolute atomic E-state index is 12.2. The molecular weight excluding hydrogens is 358 g/mol. The van der Waals surface area contributed by atoms with Gasteiger partial charge in [0.2, 0.25) is 0 Å². The highest BCUT2D eigenvalue weighted by molar-refractivity contribution is 5.81. The van der Waals surface area contributed by atoms with Crippen LogP contribution in [0.4, 0.5) is 14.6 Å². The number of rotatable bonds is 4. The number of nitrogen functional groups attached to an aromatic ring is 1. The number of pyridine rings is 3. The predicted molar refractivity (Wildman–Crippen MR) is 92.2 cm³/mol. The number of anilines is 1. The zero-order valence-corrected chi connectivity index (χ0v) is 13.6. The molecule has 0 atom stereocenters. The van der Waals surface area contributed by atoms with E-state index in [0.29, 0.717) is 22.5 Å². The molecule has 0 aliphatic heterocycles. The van der Waals surface area contributed by atoms with Gasteiger partial charge in [-0.1, -0.05) is 0 Å². The number of ether oxygens (including phenoxy) is 1. The molecule has 10 heteroatoms. The van der Waals surface area contributed by atoms with Crippen LogP contribution < -0.4 is 10.5 Å². The Morgan fingerprint density at radius 1 is 1.04 bits per heavy atom. The third-order valence-electron chi connectivity index (χ3n) is 3.79. The topological polar surface area (TPSA) is 112 Å². The van der Waals surface area contributed by atoms with Crippen molar-refractivity contribution in [1.82, 2.24) is 24.7 Å². The molecule has 27 heavy (non-hydrogen) atoms. The summed E-state index contributed by atoms with van der Waals surface area (Å²) in [5.74, 6) is 0.366. The summed E-state index contributed by atoms with van der Waals surface area (Å²) in [7, 11) is 0. The van der Waals surface area contributed by atoms with Crippen LogP contribution in [0.1, 0.15) is 0 Å². The van der Waals surface area contributed by atoms with Crippen LogP contribution in [0.5, 0.6) is 5.75 Å². The molecule has 136 valence electrons. The summed E-state index contributed by atoms with van der Waals surface area (Å²) in [4.78, 5) is 16.7. The maximum Gasteiger partial charge on any atom is 0.387 e. The Hall–Kier alpha value is -3.82. The summed E-state index contributed by atoms with van der Waals surface area (Å²) < 4.78 is 29.5. The van der Waals surface area contributed by atoms with Crippen LogP contribution in [0.3, 0.4) is 0 Å². The van der Waals surface area contributed by atoms with Crippen molar-refractivity contribution in [2.45, 2.75) is 6.61 Å². The van der Waals surface area contributed by atoms with Crippen molar-refractivity contribution < 1.29 is 18.7 Å². The SMILES string of the molecule is Nc1ncccc1-c1nc2ccc(-c3ccc(OC(F)F)cn3)nc2n1O. The summed E-state index contributed by atoms with van der Waals surface area (Å²) in [6.07, 6.45) is 2.71. The van der Waals surface area contributed by atoms with Crippen molar-refractivity contribution in [2.75, 3.05) is 5.73 Å². The molecule has 0 saturated carbocycles. The van der Waals surface area contributed by atoms with Gasteiger partial charge in [0.15, 0.2) is 11.5 Å². The van der Waals surface area contributed by atoms with E-state index in [9.17, 15) is 14.0 Å². The van der Waals surface area contributed by atoms with Crippen LogP contribution in [0.15, 0.2) is 48.8 Å². The Bertz CT molecular complexity index is 1110. The van der Waals surface area contributed by atoms with Gasteiger partial charge in [0, 0.05) is 6.20 Å². The lowest BCUT2D eigenvalue weighted by atomic mass is 10.2. The van der Waals surface area contributed by atoms with E-state index in [1.165, 1.54) is 24.5 Å². The molecular formula is C17H12F2N6O2. The van der Waals surface area contributed by atoms with E-state index in [1.807, 2.05) is 0 Å². The number of imidazole rings is 1. The molecule has 4 aromatic heterocycles. The Morgan fingerprint density at radius 3 is 2.56 bits per heavy atom. The number of alkyl halides is 2. The molecule has 0 unspecified atom stereocenters. The normalized spacial score (nSPS) is 11.2. The Labute approximate surface area is 150 Å². The fraction of sp³-hybridized carbons (Fsp3) is 0.0588. The summed E-state index contributed by atoms with van der Waals surface area (Å²) >= 11 is 0. The molecule has 0 aliphatic carbocycles. The first-order valence-electron chi connectivity index (χ1n) is 7.74. The minimum atomic E-state index is -2.92. The lowest BCUT2D eigenvalue weighted by Crippen LogP contribution is -2.02. The molecule has 0 bridgehead atoms. The van der Waals surface area contributed by atoms with Gasteiger partial charge in [0.05, 0.1) is 23.1 Å². The lowest BCUT2D eigenvalue weighted by Gasteiger charge is -2.05. The second kappa shape index (κ2) is 6.48. The fourth-order valence-corrected chi connectivity index (χ4v) is 2.57. The molecule has 0 radical (unpaired) electrons. The van der Waals surface area contributed by atoms with Crippen molar-refractivity contribution in [2.24, 2.45) is 0 Å². The third-order valence-corrected chi connectivity index (χ3v) is 3.79. The van der Waals surface area contributed by atoms with E-state index in [4.69, 9.17) is 5.73 Å². The van der Waals surface area contributed by atoms with Gasteiger partial charge in [-0.2, -0.15) is 8.78 Å². The van der Waals surface area contributed by atoms with Crippen molar-refractivity contribution in [3.8, 4) is 28.5 Å². The largest absolute Gasteiger partial charge is 0.433 e. The molecule has 8 nitrogen and oxygen atoms in total. The minimum absolute atomic E-state index is 0.0589. The van der Waals surface area contributed by atoms with Crippen molar-refractivity contribution >= 4 is 17.0 Å². The zero-order valence-electron chi connectivity index (χ0n) is 13.6. The van der Waals surface area contributed by atoms with Crippen molar-refractivity contribution in [3.63, 3.8) is 0 Å². The van der Waals surface area contributed by atoms with Gasteiger partial charge in [-0.3, -0.25) is 4.98 Å². The van der Waals surface area contributed by atoms with Crippen molar-refractivity contribution in [3.05, 3.63) is 48.8 Å². The highest BCUT2D eigenvalue weighted by Gasteiger charge is 2.17. The van der Waals surface area contributed by atoms with E-state index >= 15 is 0 Å². The predicted octanol–water partition coefficient (Wildman–Crippen LogP) is 2.98. The summed E-state index contributed by atoms with van der Waals surface area (Å²) in [5, 5.41) is 10.5. The first-order valence-corrected chi connectivity index (χ1v) is 7.74. The number of hydrogen-bond acceptors (Lipinski definition) is 7. The number of nitrogens with zero attached hydrogens (tertiary/aromatic N) is 5. The lowest BCUT2D eigenvalue weighted by molar-refractivity contribution is -0.0500. The monoisotopic (exact) mass is 370 g/mol. The van der Waals surface area contributed by atoms with E-state index in [-0.39, 0.29) is 23.0 Å². The summed E-state index contributed by atoms with van der Waals surface area (Å²) in [6.45, 7) is -2.92. The van der Waals surface area contributed by atoms with Crippen molar-refractivity contribution in [1.29, 1.82) is 0 Å². The highest BCUT2D eigenvalue weighted by atomic mass is 19.3. The second-order valence-electron chi connectivity index (χ2n) is 5.48. The Morgan fingerprint density at radius 2 is 1.85 bits per heavy atom. The summed E-state index contributed by atoms with van der Waals surface area (Å²) in [6, 6.07) is 9.52. The molecule has 0 fully saturated rings. The van der Waals surface area contributed by atoms with Gasteiger partial charge in [0.1, 0.15) is 17.1 Å². The van der Waals surface area contributed by atoms with Gasteiger partial charge in [-0.15, -0.1) is 4.73 Å². The first-order chi connectivity index (χ1) is 13.0. The van der Waals surface area contributed by atoms with Crippen LogP contribution in [0, 0.1) is 0 Å². The Kier molecular flexibility index (Phi) is 3.99. The molecule has 0 saturated heterocycles. The van der Waals surface area contributed by atoms with Crippen LogP contribution >= 0.6 is 0 Å². The molecule has 4 rings (SSSR count). The molecule has 4 heterocycles. The molecule has 3 N–H and O–H groups in total. The van der Waals surface area contributed by atoms with Gasteiger partial charge >= 0.3 is 6.61 Å². The molecule has 0 spiro atoms. The number of halogens is 2. The number of hydrogen-bond donors (Lipinski definition) is 2. The molecule has 4 aromatic rings. The Balaban J connectivity index is 1.74. The fourth-order valence-electron chi connectivity index (χ4n) is 2.57. The van der Waals surface area contributed by atoms with Crippen LogP contribution in [0.2, 0.25) is 0 Å². The maximum atomic E-state index is 12.2. The third kappa shape index (κ3) is 3.08. The highest BCUT2D eigenvalue weighted by Crippen LogP contribution is 2.27. The number of nitrogens with two attached hydrogens (primary N) is 1. The smallest absolute Gasteiger partial charge is 0.387 e. The average Bonchev–Trinajstić information content (AvgIpc) is 2.98. The number of aromatic nitrogens is 5. The van der Waals surface area contributed by atoms with E-state index in [1.54, 1.807) is 24.3 Å². The van der Waals surface area contributed by atoms with E-state index < -0.39 is 6.61 Å². The van der Waals surface area contributed by atoms with Gasteiger partial charge < -0.3 is 15.7 Å². The minimum Gasteiger partial charge on any atom is -0.433 e. The molecule has 0 aliphatic rings. The summed E-state index contributed by atoms with van der Waals surface area (Å²) in [5.41, 5.74) is 7.78. The zero-order chi connectivity index (χ0) is 19.0. The van der Waals surface area contributed by atoms with Crippen LogP contribution in [-0.4, -0.2) is 36.5 Å². The average molecular weight is 370 g/mol. The van der Waals surface area contributed by atoms with E-state index in [0.717, 1.165) is 4.73 Å². The van der Waals surface area contributed by atoms with Crippen LogP contribution in [0.25, 0.3) is 33.9 Å². The molecule has 0 amide bonds. The first kappa shape index (κ1) is 16.6. The standard InChI is InChI=1S/C17H12F2N6O2/c18-17(19)27-9-3-4-11(22-8-9)12-5-6-13-16(23-12)25(26)15(24-13)10-2-1-7-21-14(10)20/h1-8,17,26H,(H2,20,21).